The molecule has 1 unspecified atom stereocenters. The molecule has 0 aromatic rings. The van der Waals surface area contributed by atoms with Gasteiger partial charge in [-0.2, -0.15) is 0 Å². The molecule has 0 spiro atoms. The summed E-state index contributed by atoms with van der Waals surface area (Å²) in [5.74, 6) is -0.179. The first-order valence-corrected chi connectivity index (χ1v) is 4.77. The van der Waals surface area contributed by atoms with Crippen LogP contribution in [0.15, 0.2) is 0 Å². The van der Waals surface area contributed by atoms with E-state index in [9.17, 15) is 9.59 Å². The molecule has 1 aliphatic heterocycles. The third kappa shape index (κ3) is 2.35. The Kier molecular flexibility index (Phi) is 3.56. The Morgan fingerprint density at radius 2 is 1.92 bits per heavy atom. The smallest absolute Gasteiger partial charge is 0.333 e. The Morgan fingerprint density at radius 1 is 1.31 bits per heavy atom. The molecule has 5 nitrogen and oxygen atoms in total. The second kappa shape index (κ2) is 4.48. The number of ether oxygens (including phenoxy) is 2. The molecule has 1 N–H and O–H groups in total. The van der Waals surface area contributed by atoms with Gasteiger partial charge in [-0.1, -0.05) is 0 Å². The highest BCUT2D eigenvalue weighted by Crippen LogP contribution is 2.20. The molecule has 0 aromatic carbocycles. The van der Waals surface area contributed by atoms with E-state index in [4.69, 9.17) is 0 Å². The second-order valence-electron chi connectivity index (χ2n) is 2.48. The quantitative estimate of drug-likeness (QED) is 0.605. The van der Waals surface area contributed by atoms with Crippen molar-refractivity contribution >= 4 is 23.7 Å². The molecule has 13 heavy (non-hydrogen) atoms. The van der Waals surface area contributed by atoms with E-state index in [2.05, 4.69) is 14.8 Å². The monoisotopic (exact) mass is 205 g/mol. The lowest BCUT2D eigenvalue weighted by Gasteiger charge is -2.09. The van der Waals surface area contributed by atoms with E-state index in [-0.39, 0.29) is 11.9 Å². The average Bonchev–Trinajstić information content (AvgIpc) is 2.64. The van der Waals surface area contributed by atoms with Gasteiger partial charge >= 0.3 is 11.9 Å². The molecule has 0 amide bonds. The molecule has 1 aliphatic rings. The second-order valence-corrected chi connectivity index (χ2v) is 3.62. The van der Waals surface area contributed by atoms with Crippen molar-refractivity contribution < 1.29 is 19.1 Å². The van der Waals surface area contributed by atoms with E-state index in [1.54, 1.807) is 0 Å². The number of hydrogen-bond donors (Lipinski definition) is 1. The summed E-state index contributed by atoms with van der Waals surface area (Å²) in [5.41, 5.74) is 0. The van der Waals surface area contributed by atoms with Crippen molar-refractivity contribution in [2.45, 2.75) is 11.4 Å². The van der Waals surface area contributed by atoms with Crippen LogP contribution in [0.3, 0.4) is 0 Å². The largest absolute Gasteiger partial charge is 0.468 e. The standard InChI is InChI=1S/C7H11NO4S/c1-11-6(9)4-3-13-5(8-4)7(10)12-2/h4-5,8H,3H2,1-2H3/t4-,5?/m0/s1. The highest BCUT2D eigenvalue weighted by Gasteiger charge is 2.34. The lowest BCUT2D eigenvalue weighted by Crippen LogP contribution is -2.40. The van der Waals surface area contributed by atoms with Gasteiger partial charge in [0.2, 0.25) is 0 Å². The van der Waals surface area contributed by atoms with Crippen molar-refractivity contribution in [2.75, 3.05) is 20.0 Å². The Morgan fingerprint density at radius 3 is 2.46 bits per heavy atom. The molecule has 1 rings (SSSR count). The predicted octanol–water partition coefficient (Wildman–Crippen LogP) is -0.637. The lowest BCUT2D eigenvalue weighted by atomic mass is 10.3. The van der Waals surface area contributed by atoms with Crippen LogP contribution in [0.25, 0.3) is 0 Å². The van der Waals surface area contributed by atoms with Gasteiger partial charge in [-0.05, 0) is 0 Å². The zero-order valence-corrected chi connectivity index (χ0v) is 8.22. The first kappa shape index (κ1) is 10.3. The van der Waals surface area contributed by atoms with Crippen LogP contribution in [-0.2, 0) is 19.1 Å². The molecule has 1 saturated heterocycles. The summed E-state index contributed by atoms with van der Waals surface area (Å²) >= 11 is 1.34. The van der Waals surface area contributed by atoms with Crippen LogP contribution >= 0.6 is 11.8 Å². The van der Waals surface area contributed by atoms with Gasteiger partial charge in [0.05, 0.1) is 14.2 Å². The Hall–Kier alpha value is -0.750. The van der Waals surface area contributed by atoms with Crippen LogP contribution in [0.1, 0.15) is 0 Å². The molecule has 74 valence electrons. The molecule has 1 fully saturated rings. The molecular weight excluding hydrogens is 194 g/mol. The van der Waals surface area contributed by atoms with Crippen LogP contribution in [0.5, 0.6) is 0 Å². The van der Waals surface area contributed by atoms with Gasteiger partial charge < -0.3 is 9.47 Å². The molecule has 0 saturated carbocycles. The number of carbonyl (C=O) groups is 2. The van der Waals surface area contributed by atoms with Gasteiger partial charge in [-0.15, -0.1) is 11.8 Å². The first-order valence-electron chi connectivity index (χ1n) is 3.72. The average molecular weight is 205 g/mol. The molecule has 0 aromatic heterocycles. The fourth-order valence-corrected chi connectivity index (χ4v) is 2.10. The first-order chi connectivity index (χ1) is 6.19. The van der Waals surface area contributed by atoms with Crippen molar-refractivity contribution in [3.63, 3.8) is 0 Å². The van der Waals surface area contributed by atoms with Gasteiger partial charge in [-0.25, -0.2) is 4.79 Å². The van der Waals surface area contributed by atoms with Crippen LogP contribution in [0, 0.1) is 0 Å². The van der Waals surface area contributed by atoms with E-state index in [1.807, 2.05) is 0 Å². The summed E-state index contributed by atoms with van der Waals surface area (Å²) in [6, 6.07) is -0.404. The molecule has 1 heterocycles. The summed E-state index contributed by atoms with van der Waals surface area (Å²) in [7, 11) is 2.64. The maximum absolute atomic E-state index is 11.0. The van der Waals surface area contributed by atoms with Crippen molar-refractivity contribution in [1.82, 2.24) is 5.32 Å². The summed E-state index contributed by atoms with van der Waals surface area (Å²) in [5, 5.41) is 2.36. The molecule has 0 aliphatic carbocycles. The summed E-state index contributed by atoms with van der Waals surface area (Å²) in [4.78, 5) is 22.0. The zero-order chi connectivity index (χ0) is 9.84. The number of rotatable bonds is 2. The summed E-state index contributed by atoms with van der Waals surface area (Å²) < 4.78 is 9.05. The van der Waals surface area contributed by atoms with E-state index < -0.39 is 11.4 Å². The third-order valence-electron chi connectivity index (χ3n) is 1.68. The highest BCUT2D eigenvalue weighted by molar-refractivity contribution is 8.00. The van der Waals surface area contributed by atoms with Crippen molar-refractivity contribution in [2.24, 2.45) is 0 Å². The number of hydrogen-bond acceptors (Lipinski definition) is 6. The van der Waals surface area contributed by atoms with Crippen LogP contribution in [-0.4, -0.2) is 43.3 Å². The van der Waals surface area contributed by atoms with Crippen molar-refractivity contribution in [3.8, 4) is 0 Å². The number of carbonyl (C=O) groups excluding carboxylic acids is 2. The minimum Gasteiger partial charge on any atom is -0.468 e. The van der Waals surface area contributed by atoms with E-state index >= 15 is 0 Å². The van der Waals surface area contributed by atoms with Crippen molar-refractivity contribution in [3.05, 3.63) is 0 Å². The number of esters is 2. The van der Waals surface area contributed by atoms with Gasteiger partial charge in [-0.3, -0.25) is 10.1 Å². The number of thioether (sulfide) groups is 1. The predicted molar refractivity (Wildman–Crippen MR) is 47.2 cm³/mol. The van der Waals surface area contributed by atoms with Gasteiger partial charge in [0, 0.05) is 5.75 Å². The van der Waals surface area contributed by atoms with Crippen molar-refractivity contribution in [1.29, 1.82) is 0 Å². The molecule has 6 heteroatoms. The third-order valence-corrected chi connectivity index (χ3v) is 2.87. The van der Waals surface area contributed by atoms with E-state index in [0.717, 1.165) is 0 Å². The Labute approximate surface area is 80.1 Å². The molecular formula is C7H11NO4S. The molecule has 0 bridgehead atoms. The molecule has 2 atom stereocenters. The number of nitrogens with one attached hydrogen (secondary N) is 1. The fourth-order valence-electron chi connectivity index (χ4n) is 0.993. The van der Waals surface area contributed by atoms with Crippen LogP contribution in [0.4, 0.5) is 0 Å². The maximum atomic E-state index is 11.0. The Bertz CT molecular complexity index is 199. The van der Waals surface area contributed by atoms with Crippen LogP contribution in [0.2, 0.25) is 0 Å². The lowest BCUT2D eigenvalue weighted by molar-refractivity contribution is -0.143. The topological polar surface area (TPSA) is 64.6 Å². The van der Waals surface area contributed by atoms with Gasteiger partial charge in [0.1, 0.15) is 6.04 Å². The van der Waals surface area contributed by atoms with E-state index in [0.29, 0.717) is 5.75 Å². The highest BCUT2D eigenvalue weighted by atomic mass is 32.2. The Balaban J connectivity index is 2.44. The molecule has 0 radical (unpaired) electrons. The van der Waals surface area contributed by atoms with E-state index in [1.165, 1.54) is 26.0 Å². The summed E-state index contributed by atoms with van der Waals surface area (Å²) in [6.45, 7) is 0. The SMILES string of the molecule is COC(=O)C1N[C@H](C(=O)OC)CS1. The van der Waals surface area contributed by atoms with Crippen LogP contribution < -0.4 is 5.32 Å². The van der Waals surface area contributed by atoms with Gasteiger partial charge in [0.15, 0.2) is 5.37 Å². The normalized spacial score (nSPS) is 26.9. The number of methoxy groups -OCH3 is 2. The minimum atomic E-state index is -0.450. The zero-order valence-electron chi connectivity index (χ0n) is 7.40. The maximum Gasteiger partial charge on any atom is 0.333 e. The fraction of sp³-hybridized carbons (Fsp3) is 0.714. The summed E-state index contributed by atoms with van der Waals surface area (Å²) in [6.07, 6.45) is 0. The minimum absolute atomic E-state index is 0.348. The van der Waals surface area contributed by atoms with Gasteiger partial charge in [0.25, 0.3) is 0 Å².